The summed E-state index contributed by atoms with van der Waals surface area (Å²) in [4.78, 5) is 16.6. The van der Waals surface area contributed by atoms with Crippen LogP contribution in [0, 0.1) is 0 Å². The topological polar surface area (TPSA) is 78.2 Å². The van der Waals surface area contributed by atoms with Crippen molar-refractivity contribution in [1.29, 1.82) is 0 Å². The zero-order valence-corrected chi connectivity index (χ0v) is 13.7. The first-order chi connectivity index (χ1) is 9.78. The van der Waals surface area contributed by atoms with Gasteiger partial charge in [-0.1, -0.05) is 13.8 Å². The van der Waals surface area contributed by atoms with Gasteiger partial charge in [0.25, 0.3) is 5.91 Å². The van der Waals surface area contributed by atoms with E-state index >= 15 is 0 Å². The van der Waals surface area contributed by atoms with Gasteiger partial charge < -0.3 is 15.5 Å². The summed E-state index contributed by atoms with van der Waals surface area (Å²) < 4.78 is 0. The largest absolute Gasteiger partial charge is 0.395 e. The van der Waals surface area contributed by atoms with Gasteiger partial charge in [0.15, 0.2) is 5.69 Å². The van der Waals surface area contributed by atoms with Crippen LogP contribution in [0.2, 0.25) is 0 Å². The number of likely N-dealkylation sites (N-methyl/N-ethyl adjacent to an activating group) is 2. The van der Waals surface area contributed by atoms with Crippen molar-refractivity contribution in [3.05, 3.63) is 11.4 Å². The summed E-state index contributed by atoms with van der Waals surface area (Å²) in [6.07, 6.45) is 3.48. The summed E-state index contributed by atoms with van der Waals surface area (Å²) in [5.41, 5.74) is 7.82. The zero-order chi connectivity index (χ0) is 15.8. The molecule has 0 aromatic carbocycles. The Balaban J connectivity index is 2.13. The number of aromatic amines is 1. The standard InChI is InChI=1S/C15H27N5O/c1-10(2)12-11(16)13(18-17-12)14(21)20(5)9-15(19(3)4)7-6-8-15/h10H,6-9,16H2,1-5H3,(H,17,18). The quantitative estimate of drug-likeness (QED) is 0.865. The minimum Gasteiger partial charge on any atom is -0.395 e. The van der Waals surface area contributed by atoms with Crippen molar-refractivity contribution in [1.82, 2.24) is 20.0 Å². The molecule has 21 heavy (non-hydrogen) atoms. The summed E-state index contributed by atoms with van der Waals surface area (Å²) in [7, 11) is 5.99. The van der Waals surface area contributed by atoms with Gasteiger partial charge in [-0.2, -0.15) is 5.10 Å². The van der Waals surface area contributed by atoms with Gasteiger partial charge in [0.1, 0.15) is 0 Å². The highest BCUT2D eigenvalue weighted by molar-refractivity contribution is 5.97. The Kier molecular flexibility index (Phi) is 4.27. The number of rotatable bonds is 5. The Morgan fingerprint density at radius 1 is 1.38 bits per heavy atom. The van der Waals surface area contributed by atoms with Crippen molar-refractivity contribution in [3.63, 3.8) is 0 Å². The van der Waals surface area contributed by atoms with E-state index in [1.807, 2.05) is 20.9 Å². The molecule has 1 aliphatic rings. The summed E-state index contributed by atoms with van der Waals surface area (Å²) >= 11 is 0. The molecule has 118 valence electrons. The molecule has 3 N–H and O–H groups in total. The van der Waals surface area contributed by atoms with Crippen LogP contribution in [0.5, 0.6) is 0 Å². The number of anilines is 1. The molecule has 1 amide bonds. The van der Waals surface area contributed by atoms with E-state index in [1.165, 1.54) is 6.42 Å². The SMILES string of the molecule is CC(C)c1[nH]nc(C(=O)N(C)CC2(N(C)C)CCC2)c1N. The summed E-state index contributed by atoms with van der Waals surface area (Å²) in [6, 6.07) is 0. The van der Waals surface area contributed by atoms with Gasteiger partial charge in [0.2, 0.25) is 0 Å². The number of carbonyl (C=O) groups is 1. The van der Waals surface area contributed by atoms with Crippen molar-refractivity contribution in [3.8, 4) is 0 Å². The van der Waals surface area contributed by atoms with Gasteiger partial charge in [0, 0.05) is 19.1 Å². The van der Waals surface area contributed by atoms with Gasteiger partial charge in [-0.3, -0.25) is 9.89 Å². The molecule has 0 saturated heterocycles. The molecule has 0 unspecified atom stereocenters. The second kappa shape index (κ2) is 5.67. The molecule has 1 aromatic heterocycles. The van der Waals surface area contributed by atoms with Crippen LogP contribution >= 0.6 is 0 Å². The third-order valence-electron chi connectivity index (χ3n) is 4.72. The number of H-pyrrole nitrogens is 1. The Bertz CT molecular complexity index is 516. The molecule has 1 aliphatic carbocycles. The minimum absolute atomic E-state index is 0.107. The molecule has 2 rings (SSSR count). The Morgan fingerprint density at radius 2 is 2.00 bits per heavy atom. The van der Waals surface area contributed by atoms with E-state index in [1.54, 1.807) is 4.90 Å². The van der Waals surface area contributed by atoms with Crippen LogP contribution in [0.1, 0.15) is 55.2 Å². The van der Waals surface area contributed by atoms with E-state index in [0.717, 1.165) is 18.5 Å². The lowest BCUT2D eigenvalue weighted by atomic mass is 9.75. The first kappa shape index (κ1) is 15.8. The summed E-state index contributed by atoms with van der Waals surface area (Å²) in [5, 5.41) is 7.01. The maximum atomic E-state index is 12.6. The molecule has 1 heterocycles. The molecule has 6 nitrogen and oxygen atoms in total. The maximum absolute atomic E-state index is 12.6. The van der Waals surface area contributed by atoms with E-state index in [9.17, 15) is 4.79 Å². The third-order valence-corrected chi connectivity index (χ3v) is 4.72. The van der Waals surface area contributed by atoms with Gasteiger partial charge >= 0.3 is 0 Å². The fraction of sp³-hybridized carbons (Fsp3) is 0.733. The Morgan fingerprint density at radius 3 is 2.38 bits per heavy atom. The molecule has 0 spiro atoms. The molecule has 6 heteroatoms. The lowest BCUT2D eigenvalue weighted by Crippen LogP contribution is -2.57. The predicted molar refractivity (Wildman–Crippen MR) is 84.3 cm³/mol. The van der Waals surface area contributed by atoms with E-state index in [2.05, 4.69) is 29.2 Å². The number of nitrogens with zero attached hydrogens (tertiary/aromatic N) is 3. The average Bonchev–Trinajstić information content (AvgIpc) is 2.74. The van der Waals surface area contributed by atoms with E-state index in [4.69, 9.17) is 5.73 Å². The molecule has 1 fully saturated rings. The monoisotopic (exact) mass is 293 g/mol. The third kappa shape index (κ3) is 2.77. The first-order valence-electron chi connectivity index (χ1n) is 7.55. The van der Waals surface area contributed by atoms with Crippen LogP contribution in [0.3, 0.4) is 0 Å². The van der Waals surface area contributed by atoms with Crippen LogP contribution in [0.15, 0.2) is 0 Å². The molecule has 0 aliphatic heterocycles. The van der Waals surface area contributed by atoms with Crippen LogP contribution in [-0.4, -0.2) is 59.1 Å². The van der Waals surface area contributed by atoms with Crippen LogP contribution < -0.4 is 5.73 Å². The summed E-state index contributed by atoms with van der Waals surface area (Å²) in [5.74, 6) is 0.118. The van der Waals surface area contributed by atoms with Gasteiger partial charge in [-0.15, -0.1) is 0 Å². The highest BCUT2D eigenvalue weighted by Gasteiger charge is 2.41. The Labute approximate surface area is 126 Å². The highest BCUT2D eigenvalue weighted by Crippen LogP contribution is 2.37. The highest BCUT2D eigenvalue weighted by atomic mass is 16.2. The molecule has 0 radical (unpaired) electrons. The van der Waals surface area contributed by atoms with Crippen molar-refractivity contribution in [2.24, 2.45) is 0 Å². The zero-order valence-electron chi connectivity index (χ0n) is 13.7. The fourth-order valence-electron chi connectivity index (χ4n) is 2.99. The molecule has 1 aromatic rings. The predicted octanol–water partition coefficient (Wildman–Crippen LogP) is 1.67. The van der Waals surface area contributed by atoms with Gasteiger partial charge in [-0.05, 0) is 39.3 Å². The second-order valence-corrected chi connectivity index (χ2v) is 6.69. The lowest BCUT2D eigenvalue weighted by molar-refractivity contribution is 0.0250. The number of amides is 1. The molecule has 0 bridgehead atoms. The smallest absolute Gasteiger partial charge is 0.276 e. The van der Waals surface area contributed by atoms with E-state index < -0.39 is 0 Å². The van der Waals surface area contributed by atoms with Crippen LogP contribution in [0.25, 0.3) is 0 Å². The number of nitrogens with two attached hydrogens (primary N) is 1. The summed E-state index contributed by atoms with van der Waals surface area (Å²) in [6.45, 7) is 4.76. The molecule has 0 atom stereocenters. The van der Waals surface area contributed by atoms with E-state index in [-0.39, 0.29) is 17.4 Å². The van der Waals surface area contributed by atoms with Gasteiger partial charge in [-0.25, -0.2) is 0 Å². The number of nitrogen functional groups attached to an aromatic ring is 1. The second-order valence-electron chi connectivity index (χ2n) is 6.69. The minimum atomic E-state index is -0.108. The molecular weight excluding hydrogens is 266 g/mol. The van der Waals surface area contributed by atoms with Crippen molar-refractivity contribution in [2.75, 3.05) is 33.4 Å². The molecule has 1 saturated carbocycles. The van der Waals surface area contributed by atoms with E-state index in [0.29, 0.717) is 17.9 Å². The normalized spacial score (nSPS) is 17.1. The first-order valence-corrected chi connectivity index (χ1v) is 7.55. The number of nitrogens with one attached hydrogen (secondary N) is 1. The number of aromatic nitrogens is 2. The maximum Gasteiger partial charge on any atom is 0.276 e. The van der Waals surface area contributed by atoms with Crippen LogP contribution in [-0.2, 0) is 0 Å². The number of hydrogen-bond donors (Lipinski definition) is 2. The molecular formula is C15H27N5O. The van der Waals surface area contributed by atoms with Crippen molar-refractivity contribution >= 4 is 11.6 Å². The van der Waals surface area contributed by atoms with Gasteiger partial charge in [0.05, 0.1) is 11.4 Å². The fourth-order valence-corrected chi connectivity index (χ4v) is 2.99. The number of carbonyl (C=O) groups excluding carboxylic acids is 1. The van der Waals surface area contributed by atoms with Crippen molar-refractivity contribution in [2.45, 2.75) is 44.6 Å². The lowest BCUT2D eigenvalue weighted by Gasteiger charge is -2.49. The van der Waals surface area contributed by atoms with Crippen LogP contribution in [0.4, 0.5) is 5.69 Å². The Hall–Kier alpha value is -1.56. The average molecular weight is 293 g/mol. The number of hydrogen-bond acceptors (Lipinski definition) is 4. The van der Waals surface area contributed by atoms with Crippen molar-refractivity contribution < 1.29 is 4.79 Å².